The zero-order chi connectivity index (χ0) is 17.0. The van der Waals surface area contributed by atoms with Gasteiger partial charge < -0.3 is 4.90 Å². The second kappa shape index (κ2) is 5.50. The SMILES string of the molecule is O=C(c1ccncn1)N1[C@@H]2CC[C@H]1Cc1nn(CC3CC3)c(=O)n1C2. The van der Waals surface area contributed by atoms with Crippen molar-refractivity contribution in [3.63, 3.8) is 0 Å². The van der Waals surface area contributed by atoms with E-state index in [1.165, 1.54) is 19.2 Å². The number of hydrogen-bond donors (Lipinski definition) is 0. The van der Waals surface area contributed by atoms with Gasteiger partial charge in [-0.15, -0.1) is 0 Å². The molecule has 130 valence electrons. The highest BCUT2D eigenvalue weighted by Crippen LogP contribution is 2.32. The minimum atomic E-state index is -0.0704. The Hall–Kier alpha value is -2.51. The van der Waals surface area contributed by atoms with Crippen molar-refractivity contribution < 1.29 is 4.79 Å². The summed E-state index contributed by atoms with van der Waals surface area (Å²) >= 11 is 0. The molecule has 3 aliphatic rings. The van der Waals surface area contributed by atoms with Crippen LogP contribution < -0.4 is 5.69 Å². The normalized spacial score (nSPS) is 24.9. The lowest BCUT2D eigenvalue weighted by Gasteiger charge is -2.27. The van der Waals surface area contributed by atoms with Gasteiger partial charge in [-0.25, -0.2) is 19.4 Å². The van der Waals surface area contributed by atoms with E-state index in [2.05, 4.69) is 15.1 Å². The predicted molar refractivity (Wildman–Crippen MR) is 87.9 cm³/mol. The summed E-state index contributed by atoms with van der Waals surface area (Å²) in [5.41, 5.74) is 0.390. The van der Waals surface area contributed by atoms with E-state index in [4.69, 9.17) is 0 Å². The fraction of sp³-hybridized carbons (Fsp3) is 0.588. The number of rotatable bonds is 3. The van der Waals surface area contributed by atoms with E-state index in [1.54, 1.807) is 21.5 Å². The molecular formula is C17H20N6O2. The molecule has 2 aromatic heterocycles. The maximum atomic E-state index is 12.9. The summed E-state index contributed by atoms with van der Waals surface area (Å²) in [6.07, 6.45) is 7.88. The van der Waals surface area contributed by atoms with Gasteiger partial charge in [0, 0.05) is 31.7 Å². The molecule has 8 heteroatoms. The molecule has 1 saturated carbocycles. The van der Waals surface area contributed by atoms with Crippen LogP contribution in [0.5, 0.6) is 0 Å². The monoisotopic (exact) mass is 340 g/mol. The Morgan fingerprint density at radius 3 is 2.80 bits per heavy atom. The summed E-state index contributed by atoms with van der Waals surface area (Å²) in [5, 5.41) is 4.58. The van der Waals surface area contributed by atoms with Gasteiger partial charge in [0.1, 0.15) is 17.8 Å². The van der Waals surface area contributed by atoms with Gasteiger partial charge in [-0.2, -0.15) is 5.10 Å². The standard InChI is InChI=1S/C17H20N6O2/c24-16(14-5-6-18-10-19-14)23-12-3-4-13(23)9-21-15(7-12)20-22(17(21)25)8-11-1-2-11/h5-6,10-13H,1-4,7-9H2/t12-,13+/m0/s1. The van der Waals surface area contributed by atoms with Crippen molar-refractivity contribution >= 4 is 5.91 Å². The van der Waals surface area contributed by atoms with Crippen LogP contribution in [0.15, 0.2) is 23.4 Å². The number of carbonyl (C=O) groups is 1. The van der Waals surface area contributed by atoms with Crippen molar-refractivity contribution in [2.75, 3.05) is 0 Å². The van der Waals surface area contributed by atoms with Crippen molar-refractivity contribution in [3.8, 4) is 0 Å². The number of fused-ring (bicyclic) bond motifs is 3. The highest BCUT2D eigenvalue weighted by molar-refractivity contribution is 5.92. The summed E-state index contributed by atoms with van der Waals surface area (Å²) in [6, 6.07) is 1.77. The van der Waals surface area contributed by atoms with Gasteiger partial charge in [0.15, 0.2) is 0 Å². The first-order valence-corrected chi connectivity index (χ1v) is 8.96. The molecule has 0 unspecified atom stereocenters. The van der Waals surface area contributed by atoms with Crippen LogP contribution in [0.1, 0.15) is 42.0 Å². The zero-order valence-corrected chi connectivity index (χ0v) is 13.9. The summed E-state index contributed by atoms with van der Waals surface area (Å²) in [6.45, 7) is 1.27. The largest absolute Gasteiger partial charge is 0.345 e. The molecule has 2 atom stereocenters. The van der Waals surface area contributed by atoms with E-state index in [9.17, 15) is 9.59 Å². The third-order valence-corrected chi connectivity index (χ3v) is 5.59. The first kappa shape index (κ1) is 14.8. The van der Waals surface area contributed by atoms with Gasteiger partial charge in [0.25, 0.3) is 5.91 Å². The van der Waals surface area contributed by atoms with Crippen molar-refractivity contribution in [2.24, 2.45) is 5.92 Å². The van der Waals surface area contributed by atoms with Crippen LogP contribution in [0.4, 0.5) is 0 Å². The summed E-state index contributed by atoms with van der Waals surface area (Å²) in [4.78, 5) is 35.5. The molecule has 1 saturated heterocycles. The second-order valence-corrected chi connectivity index (χ2v) is 7.33. The van der Waals surface area contributed by atoms with Crippen molar-refractivity contribution in [1.82, 2.24) is 29.2 Å². The Morgan fingerprint density at radius 1 is 1.20 bits per heavy atom. The number of nitrogens with zero attached hydrogens (tertiary/aromatic N) is 6. The minimum Gasteiger partial charge on any atom is -0.329 e. The number of hydrogen-bond acceptors (Lipinski definition) is 5. The first-order valence-electron chi connectivity index (χ1n) is 8.96. The highest BCUT2D eigenvalue weighted by atomic mass is 16.2. The van der Waals surface area contributed by atoms with Gasteiger partial charge in [0.05, 0.1) is 6.04 Å². The van der Waals surface area contributed by atoms with Crippen LogP contribution in [-0.2, 0) is 19.5 Å². The van der Waals surface area contributed by atoms with Crippen molar-refractivity contribution in [1.29, 1.82) is 0 Å². The molecule has 2 aromatic rings. The fourth-order valence-corrected chi connectivity index (χ4v) is 4.13. The van der Waals surface area contributed by atoms with E-state index in [0.29, 0.717) is 24.6 Å². The molecule has 1 aliphatic carbocycles. The van der Waals surface area contributed by atoms with Crippen LogP contribution >= 0.6 is 0 Å². The van der Waals surface area contributed by atoms with E-state index >= 15 is 0 Å². The zero-order valence-electron chi connectivity index (χ0n) is 13.9. The minimum absolute atomic E-state index is 0.0242. The molecule has 2 bridgehead atoms. The van der Waals surface area contributed by atoms with Crippen LogP contribution in [0, 0.1) is 5.92 Å². The third-order valence-electron chi connectivity index (χ3n) is 5.59. The molecule has 25 heavy (non-hydrogen) atoms. The van der Waals surface area contributed by atoms with Crippen LogP contribution in [0.3, 0.4) is 0 Å². The molecule has 2 aliphatic heterocycles. The molecule has 0 radical (unpaired) electrons. The number of aromatic nitrogens is 5. The van der Waals surface area contributed by atoms with Gasteiger partial charge in [-0.3, -0.25) is 9.36 Å². The van der Waals surface area contributed by atoms with E-state index in [0.717, 1.165) is 25.2 Å². The average Bonchev–Trinajstić information content (AvgIpc) is 3.32. The molecule has 0 aromatic carbocycles. The second-order valence-electron chi connectivity index (χ2n) is 7.33. The van der Waals surface area contributed by atoms with Crippen molar-refractivity contribution in [2.45, 2.75) is 57.3 Å². The molecule has 2 fully saturated rings. The Balaban J connectivity index is 1.45. The van der Waals surface area contributed by atoms with E-state index in [1.807, 2.05) is 4.90 Å². The Bertz CT molecular complexity index is 869. The maximum absolute atomic E-state index is 12.9. The van der Waals surface area contributed by atoms with Gasteiger partial charge >= 0.3 is 5.69 Å². The third kappa shape index (κ3) is 2.47. The molecule has 5 rings (SSSR count). The maximum Gasteiger partial charge on any atom is 0.345 e. The topological polar surface area (TPSA) is 85.9 Å². The summed E-state index contributed by atoms with van der Waals surface area (Å²) in [7, 11) is 0. The first-order chi connectivity index (χ1) is 12.2. The smallest absolute Gasteiger partial charge is 0.329 e. The predicted octanol–water partition coefficient (Wildman–Crippen LogP) is 0.474. The molecule has 0 spiro atoms. The number of amides is 1. The molecule has 1 amide bonds. The lowest BCUT2D eigenvalue weighted by Crippen LogP contribution is -2.43. The Morgan fingerprint density at radius 2 is 2.04 bits per heavy atom. The van der Waals surface area contributed by atoms with E-state index < -0.39 is 0 Å². The molecule has 0 N–H and O–H groups in total. The van der Waals surface area contributed by atoms with Gasteiger partial charge in [0.2, 0.25) is 0 Å². The molecule has 8 nitrogen and oxygen atoms in total. The summed E-state index contributed by atoms with van der Waals surface area (Å²) in [5.74, 6) is 1.36. The van der Waals surface area contributed by atoms with Gasteiger partial charge in [-0.05, 0) is 37.7 Å². The Labute approximate surface area is 144 Å². The van der Waals surface area contributed by atoms with Crippen LogP contribution in [0.25, 0.3) is 0 Å². The van der Waals surface area contributed by atoms with Gasteiger partial charge in [-0.1, -0.05) is 0 Å². The number of carbonyl (C=O) groups excluding carboxylic acids is 1. The fourth-order valence-electron chi connectivity index (χ4n) is 4.13. The lowest BCUT2D eigenvalue weighted by atomic mass is 10.1. The quantitative estimate of drug-likeness (QED) is 0.811. The molecular weight excluding hydrogens is 320 g/mol. The lowest BCUT2D eigenvalue weighted by molar-refractivity contribution is 0.0658. The molecule has 4 heterocycles. The van der Waals surface area contributed by atoms with Crippen LogP contribution in [-0.4, -0.2) is 47.2 Å². The summed E-state index contributed by atoms with van der Waals surface area (Å²) < 4.78 is 3.42. The Kier molecular flexibility index (Phi) is 3.26. The van der Waals surface area contributed by atoms with Crippen molar-refractivity contribution in [3.05, 3.63) is 40.6 Å². The van der Waals surface area contributed by atoms with E-state index in [-0.39, 0.29) is 23.7 Å². The van der Waals surface area contributed by atoms with Crippen LogP contribution in [0.2, 0.25) is 0 Å². The average molecular weight is 340 g/mol. The highest BCUT2D eigenvalue weighted by Gasteiger charge is 2.42.